The van der Waals surface area contributed by atoms with E-state index in [0.29, 0.717) is 18.2 Å². The molecule has 2 aliphatic rings. The summed E-state index contributed by atoms with van der Waals surface area (Å²) in [5, 5.41) is 4.09. The van der Waals surface area contributed by atoms with Crippen molar-refractivity contribution in [2.45, 2.75) is 38.9 Å². The Hall–Kier alpha value is -2.34. The van der Waals surface area contributed by atoms with Gasteiger partial charge in [-0.2, -0.15) is 0 Å². The van der Waals surface area contributed by atoms with Crippen LogP contribution >= 0.6 is 0 Å². The highest BCUT2D eigenvalue weighted by Gasteiger charge is 2.51. The van der Waals surface area contributed by atoms with E-state index < -0.39 is 0 Å². The average Bonchev–Trinajstić information content (AvgIpc) is 3.26. The summed E-state index contributed by atoms with van der Waals surface area (Å²) >= 11 is 0. The molecule has 2 aliphatic heterocycles. The molecule has 1 aromatic carbocycles. The van der Waals surface area contributed by atoms with Gasteiger partial charge in [-0.15, -0.1) is 0 Å². The molecule has 1 amide bonds. The highest BCUT2D eigenvalue weighted by Crippen LogP contribution is 2.44. The summed E-state index contributed by atoms with van der Waals surface area (Å²) in [4.78, 5) is 17.0. The van der Waals surface area contributed by atoms with Crippen LogP contribution in [0.5, 0.6) is 5.75 Å². The summed E-state index contributed by atoms with van der Waals surface area (Å²) in [7, 11) is 0. The lowest BCUT2D eigenvalue weighted by Crippen LogP contribution is -2.32. The summed E-state index contributed by atoms with van der Waals surface area (Å²) < 4.78 is 11.0. The van der Waals surface area contributed by atoms with Crippen molar-refractivity contribution in [3.63, 3.8) is 0 Å². The summed E-state index contributed by atoms with van der Waals surface area (Å²) in [6.07, 6.45) is 1.73. The van der Waals surface area contributed by atoms with Crippen LogP contribution in [0.15, 0.2) is 34.9 Å². The maximum Gasteiger partial charge on any atom is 0.247 e. The molecule has 6 nitrogen and oxygen atoms in total. The number of ether oxygens (including phenoxy) is 1. The fourth-order valence-corrected chi connectivity index (χ4v) is 3.78. The molecule has 0 bridgehead atoms. The van der Waals surface area contributed by atoms with Crippen LogP contribution < -0.4 is 9.64 Å². The van der Waals surface area contributed by atoms with E-state index in [9.17, 15) is 4.79 Å². The van der Waals surface area contributed by atoms with E-state index >= 15 is 0 Å². The fraction of sp³-hybridized carbons (Fsp3) is 0.444. The Kier molecular flexibility index (Phi) is 3.76. The number of aryl methyl sites for hydroxylation is 1. The van der Waals surface area contributed by atoms with Gasteiger partial charge in [0.1, 0.15) is 17.7 Å². The van der Waals surface area contributed by atoms with Gasteiger partial charge in [0.05, 0.1) is 12.6 Å². The number of nitrogens with zero attached hydrogens (tertiary/aromatic N) is 3. The number of carbonyl (C=O) groups excluding carboxylic acids is 1. The van der Waals surface area contributed by atoms with Crippen LogP contribution in [0.3, 0.4) is 0 Å². The van der Waals surface area contributed by atoms with Gasteiger partial charge in [0, 0.05) is 18.2 Å². The first-order valence-corrected chi connectivity index (χ1v) is 8.44. The minimum absolute atomic E-state index is 0.0818. The molecule has 3 heterocycles. The average molecular weight is 327 g/mol. The molecular weight excluding hydrogens is 306 g/mol. The number of aromatic nitrogens is 1. The van der Waals surface area contributed by atoms with E-state index in [1.54, 1.807) is 4.90 Å². The van der Waals surface area contributed by atoms with Crippen molar-refractivity contribution in [1.82, 2.24) is 10.1 Å². The van der Waals surface area contributed by atoms with Crippen LogP contribution in [0.2, 0.25) is 0 Å². The molecule has 4 rings (SSSR count). The molecule has 2 fully saturated rings. The van der Waals surface area contributed by atoms with E-state index in [-0.39, 0.29) is 18.1 Å². The summed E-state index contributed by atoms with van der Waals surface area (Å²) in [6, 6.07) is 9.66. The minimum atomic E-state index is -0.197. The molecule has 126 valence electrons. The molecule has 0 spiro atoms. The third-order valence-corrected chi connectivity index (χ3v) is 4.73. The van der Waals surface area contributed by atoms with Gasteiger partial charge >= 0.3 is 0 Å². The molecule has 2 atom stereocenters. The Morgan fingerprint density at radius 3 is 2.96 bits per heavy atom. The highest BCUT2D eigenvalue weighted by molar-refractivity contribution is 5.99. The van der Waals surface area contributed by atoms with Gasteiger partial charge in [-0.1, -0.05) is 23.4 Å². The van der Waals surface area contributed by atoms with Gasteiger partial charge in [0.15, 0.2) is 5.82 Å². The zero-order valence-corrected chi connectivity index (χ0v) is 13.9. The standard InChI is InChI=1S/C18H21N3O3/c1-3-23-15-9-5-4-7-13(15)17-20-10-6-8-14(20)18(22)21(17)16-11-12(2)24-19-16/h4-5,7,9,11,14,17H,3,6,8,10H2,1-2H3. The van der Waals surface area contributed by atoms with E-state index in [1.807, 2.05) is 44.2 Å². The van der Waals surface area contributed by atoms with Crippen LogP contribution in [0.4, 0.5) is 5.82 Å². The number of amides is 1. The molecule has 0 aliphatic carbocycles. The van der Waals surface area contributed by atoms with E-state index in [2.05, 4.69) is 10.1 Å². The first-order chi connectivity index (χ1) is 11.7. The smallest absolute Gasteiger partial charge is 0.247 e. The molecule has 1 aromatic heterocycles. The second-order valence-corrected chi connectivity index (χ2v) is 6.24. The van der Waals surface area contributed by atoms with Crippen molar-refractivity contribution in [3.05, 3.63) is 41.7 Å². The first kappa shape index (κ1) is 15.2. The molecule has 2 unspecified atom stereocenters. The Labute approximate surface area is 141 Å². The van der Waals surface area contributed by atoms with Gasteiger partial charge in [-0.3, -0.25) is 14.6 Å². The lowest BCUT2D eigenvalue weighted by molar-refractivity contribution is -0.119. The third-order valence-electron chi connectivity index (χ3n) is 4.73. The number of rotatable bonds is 4. The van der Waals surface area contributed by atoms with Gasteiger partial charge in [0.2, 0.25) is 5.91 Å². The van der Waals surface area contributed by atoms with Crippen LogP contribution in [0, 0.1) is 6.92 Å². The molecule has 2 saturated heterocycles. The number of anilines is 1. The monoisotopic (exact) mass is 327 g/mol. The zero-order valence-electron chi connectivity index (χ0n) is 13.9. The molecule has 0 saturated carbocycles. The number of hydrogen-bond donors (Lipinski definition) is 0. The van der Waals surface area contributed by atoms with E-state index in [1.165, 1.54) is 0 Å². The minimum Gasteiger partial charge on any atom is -0.493 e. The molecule has 2 aromatic rings. The Balaban J connectivity index is 1.82. The van der Waals surface area contributed by atoms with Crippen molar-refractivity contribution in [2.24, 2.45) is 0 Å². The summed E-state index contributed by atoms with van der Waals surface area (Å²) in [5.41, 5.74) is 0.998. The number of carbonyl (C=O) groups is 1. The van der Waals surface area contributed by atoms with Crippen LogP contribution in [0.25, 0.3) is 0 Å². The molecular formula is C18H21N3O3. The maximum atomic E-state index is 13.0. The van der Waals surface area contributed by atoms with Gasteiger partial charge in [-0.05, 0) is 32.8 Å². The fourth-order valence-electron chi connectivity index (χ4n) is 3.78. The number of para-hydroxylation sites is 1. The molecule has 0 radical (unpaired) electrons. The largest absolute Gasteiger partial charge is 0.493 e. The molecule has 0 N–H and O–H groups in total. The normalized spacial score (nSPS) is 23.8. The van der Waals surface area contributed by atoms with Crippen molar-refractivity contribution in [3.8, 4) is 5.75 Å². The van der Waals surface area contributed by atoms with Gasteiger partial charge in [-0.25, -0.2) is 0 Å². The Morgan fingerprint density at radius 2 is 2.21 bits per heavy atom. The topological polar surface area (TPSA) is 58.8 Å². The number of fused-ring (bicyclic) bond motifs is 1. The van der Waals surface area contributed by atoms with Crippen molar-refractivity contribution < 1.29 is 14.1 Å². The van der Waals surface area contributed by atoms with Gasteiger partial charge in [0.25, 0.3) is 0 Å². The first-order valence-electron chi connectivity index (χ1n) is 8.44. The summed E-state index contributed by atoms with van der Waals surface area (Å²) in [6.45, 7) is 5.29. The molecule has 24 heavy (non-hydrogen) atoms. The SMILES string of the molecule is CCOc1ccccc1C1N(c2cc(C)on2)C(=O)C2CCCN21. The number of benzene rings is 1. The quantitative estimate of drug-likeness (QED) is 0.864. The molecule has 6 heteroatoms. The zero-order chi connectivity index (χ0) is 16.7. The highest BCUT2D eigenvalue weighted by atomic mass is 16.5. The second-order valence-electron chi connectivity index (χ2n) is 6.24. The van der Waals surface area contributed by atoms with Crippen LogP contribution in [-0.4, -0.2) is 35.2 Å². The lowest BCUT2D eigenvalue weighted by Gasteiger charge is -2.29. The van der Waals surface area contributed by atoms with Gasteiger partial charge < -0.3 is 9.26 Å². The third kappa shape index (κ3) is 2.29. The Morgan fingerprint density at radius 1 is 1.38 bits per heavy atom. The van der Waals surface area contributed by atoms with Crippen LogP contribution in [0.1, 0.15) is 37.3 Å². The maximum absolute atomic E-state index is 13.0. The van der Waals surface area contributed by atoms with E-state index in [4.69, 9.17) is 9.26 Å². The predicted molar refractivity (Wildman–Crippen MR) is 88.8 cm³/mol. The Bertz CT molecular complexity index is 757. The predicted octanol–water partition coefficient (Wildman–Crippen LogP) is 2.89. The lowest BCUT2D eigenvalue weighted by atomic mass is 10.1. The number of hydrogen-bond acceptors (Lipinski definition) is 5. The van der Waals surface area contributed by atoms with Crippen molar-refractivity contribution in [1.29, 1.82) is 0 Å². The van der Waals surface area contributed by atoms with Crippen molar-refractivity contribution in [2.75, 3.05) is 18.1 Å². The van der Waals surface area contributed by atoms with Crippen molar-refractivity contribution >= 4 is 11.7 Å². The second kappa shape index (κ2) is 5.94. The van der Waals surface area contributed by atoms with Crippen LogP contribution in [-0.2, 0) is 4.79 Å². The summed E-state index contributed by atoms with van der Waals surface area (Å²) in [5.74, 6) is 2.18. The van der Waals surface area contributed by atoms with E-state index in [0.717, 1.165) is 30.7 Å².